The number of nitrogens with one attached hydrogen (secondary N) is 1. The summed E-state index contributed by atoms with van der Waals surface area (Å²) >= 11 is 1.60. The molecule has 1 amide bonds. The summed E-state index contributed by atoms with van der Waals surface area (Å²) in [6, 6.07) is 1.96. The number of nitrogens with two attached hydrogens (primary N) is 1. The maximum Gasteiger partial charge on any atom is 0.224 e. The third-order valence-electron chi connectivity index (χ3n) is 1.93. The number of carbonyl (C=O) groups is 1. The van der Waals surface area contributed by atoms with Crippen molar-refractivity contribution in [1.82, 2.24) is 5.32 Å². The molecule has 0 fully saturated rings. The molecule has 1 aromatic rings. The molecule has 0 aliphatic rings. The van der Waals surface area contributed by atoms with Crippen LogP contribution in [0.4, 0.5) is 0 Å². The molecule has 0 unspecified atom stereocenters. The highest BCUT2D eigenvalue weighted by atomic mass is 35.5. The summed E-state index contributed by atoms with van der Waals surface area (Å²) in [6.45, 7) is 4.28. The summed E-state index contributed by atoms with van der Waals surface area (Å²) in [6.07, 6.45) is 0.437. The molecule has 0 saturated carbocycles. The van der Waals surface area contributed by atoms with Crippen LogP contribution in [0.5, 0.6) is 0 Å². The second-order valence-electron chi connectivity index (χ2n) is 3.94. The van der Waals surface area contributed by atoms with E-state index in [2.05, 4.69) is 5.32 Å². The number of halogens is 1. The summed E-state index contributed by atoms with van der Waals surface area (Å²) in [5.41, 5.74) is 6.26. The number of thiophene rings is 1. The van der Waals surface area contributed by atoms with E-state index >= 15 is 0 Å². The molecule has 1 aromatic heterocycles. The summed E-state index contributed by atoms with van der Waals surface area (Å²) in [5.74, 6) is 0.0267. The molecule has 3 N–H and O–H groups in total. The van der Waals surface area contributed by atoms with Crippen molar-refractivity contribution in [2.75, 3.05) is 6.54 Å². The highest BCUT2D eigenvalue weighted by Gasteiger charge is 2.17. The second kappa shape index (κ2) is 6.10. The predicted molar refractivity (Wildman–Crippen MR) is 66.5 cm³/mol. The fourth-order valence-corrected chi connectivity index (χ4v) is 1.72. The third-order valence-corrected chi connectivity index (χ3v) is 2.66. The first-order valence-electron chi connectivity index (χ1n) is 4.56. The lowest BCUT2D eigenvalue weighted by Gasteiger charge is -2.24. The van der Waals surface area contributed by atoms with Crippen molar-refractivity contribution in [3.05, 3.63) is 22.4 Å². The molecule has 0 saturated heterocycles. The molecular weight excluding hydrogens is 232 g/mol. The molecule has 15 heavy (non-hydrogen) atoms. The highest BCUT2D eigenvalue weighted by molar-refractivity contribution is 7.07. The topological polar surface area (TPSA) is 55.1 Å². The molecule has 0 aromatic carbocycles. The van der Waals surface area contributed by atoms with Gasteiger partial charge in [0.25, 0.3) is 0 Å². The van der Waals surface area contributed by atoms with E-state index in [-0.39, 0.29) is 23.9 Å². The smallest absolute Gasteiger partial charge is 0.224 e. The summed E-state index contributed by atoms with van der Waals surface area (Å²) in [7, 11) is 0. The van der Waals surface area contributed by atoms with Crippen LogP contribution in [-0.2, 0) is 11.2 Å². The van der Waals surface area contributed by atoms with Crippen LogP contribution in [0, 0.1) is 0 Å². The van der Waals surface area contributed by atoms with Crippen molar-refractivity contribution < 1.29 is 4.79 Å². The minimum Gasteiger partial charge on any atom is -0.350 e. The van der Waals surface area contributed by atoms with E-state index < -0.39 is 0 Å². The molecule has 0 atom stereocenters. The van der Waals surface area contributed by atoms with Gasteiger partial charge in [0.05, 0.1) is 6.42 Å². The van der Waals surface area contributed by atoms with Gasteiger partial charge in [-0.1, -0.05) is 0 Å². The van der Waals surface area contributed by atoms with Crippen LogP contribution in [0.25, 0.3) is 0 Å². The monoisotopic (exact) mass is 248 g/mol. The highest BCUT2D eigenvalue weighted by Crippen LogP contribution is 2.07. The fraction of sp³-hybridized carbons (Fsp3) is 0.500. The van der Waals surface area contributed by atoms with Gasteiger partial charge in [-0.05, 0) is 36.2 Å². The zero-order valence-corrected chi connectivity index (χ0v) is 10.6. The van der Waals surface area contributed by atoms with Crippen LogP contribution >= 0.6 is 23.7 Å². The molecule has 0 spiro atoms. The van der Waals surface area contributed by atoms with Gasteiger partial charge in [-0.2, -0.15) is 11.3 Å². The van der Waals surface area contributed by atoms with Crippen molar-refractivity contribution in [2.45, 2.75) is 25.8 Å². The van der Waals surface area contributed by atoms with Gasteiger partial charge in [0, 0.05) is 12.1 Å². The molecule has 3 nitrogen and oxygen atoms in total. The standard InChI is InChI=1S/C10H16N2OS.ClH/c1-10(2,7-11)12-9(13)5-8-3-4-14-6-8;/h3-4,6H,5,7,11H2,1-2H3,(H,12,13);1H. The summed E-state index contributed by atoms with van der Waals surface area (Å²) < 4.78 is 0. The average molecular weight is 249 g/mol. The van der Waals surface area contributed by atoms with E-state index in [0.717, 1.165) is 5.56 Å². The van der Waals surface area contributed by atoms with Crippen molar-refractivity contribution in [1.29, 1.82) is 0 Å². The molecule has 1 heterocycles. The first-order chi connectivity index (χ1) is 6.53. The van der Waals surface area contributed by atoms with Gasteiger partial charge in [-0.25, -0.2) is 0 Å². The molecule has 0 aliphatic carbocycles. The fourth-order valence-electron chi connectivity index (χ4n) is 1.05. The number of amides is 1. The van der Waals surface area contributed by atoms with Gasteiger partial charge in [-0.3, -0.25) is 4.79 Å². The first-order valence-corrected chi connectivity index (χ1v) is 5.50. The average Bonchev–Trinajstić information content (AvgIpc) is 2.55. The Hall–Kier alpha value is -0.580. The van der Waals surface area contributed by atoms with Crippen LogP contribution in [0.3, 0.4) is 0 Å². The van der Waals surface area contributed by atoms with Crippen LogP contribution < -0.4 is 11.1 Å². The largest absolute Gasteiger partial charge is 0.350 e. The van der Waals surface area contributed by atoms with Crippen LogP contribution in [-0.4, -0.2) is 18.0 Å². The molecule has 0 bridgehead atoms. The SMILES string of the molecule is CC(C)(CN)NC(=O)Cc1ccsc1.Cl. The van der Waals surface area contributed by atoms with E-state index in [0.29, 0.717) is 13.0 Å². The minimum absolute atomic E-state index is 0. The zero-order valence-electron chi connectivity index (χ0n) is 8.95. The molecule has 1 rings (SSSR count). The van der Waals surface area contributed by atoms with Gasteiger partial charge in [-0.15, -0.1) is 12.4 Å². The Kier molecular flexibility index (Phi) is 5.87. The van der Waals surface area contributed by atoms with Crippen molar-refractivity contribution in [2.24, 2.45) is 5.73 Å². The van der Waals surface area contributed by atoms with E-state index in [1.807, 2.05) is 30.7 Å². The first kappa shape index (κ1) is 14.4. The maximum absolute atomic E-state index is 11.5. The van der Waals surface area contributed by atoms with Gasteiger partial charge >= 0.3 is 0 Å². The lowest BCUT2D eigenvalue weighted by molar-refractivity contribution is -0.121. The Bertz CT molecular complexity index is 298. The summed E-state index contributed by atoms with van der Waals surface area (Å²) in [4.78, 5) is 11.5. The Morgan fingerprint density at radius 3 is 2.73 bits per heavy atom. The lowest BCUT2D eigenvalue weighted by atomic mass is 10.1. The molecular formula is C10H17ClN2OS. The predicted octanol–water partition coefficient (Wildman–Crippen LogP) is 1.57. The summed E-state index contributed by atoms with van der Waals surface area (Å²) in [5, 5.41) is 6.84. The van der Waals surface area contributed by atoms with E-state index in [4.69, 9.17) is 5.73 Å². The number of hydrogen-bond acceptors (Lipinski definition) is 3. The minimum atomic E-state index is -0.312. The van der Waals surface area contributed by atoms with Crippen molar-refractivity contribution in [3.63, 3.8) is 0 Å². The zero-order chi connectivity index (χ0) is 10.6. The van der Waals surface area contributed by atoms with Crippen LogP contribution in [0.15, 0.2) is 16.8 Å². The van der Waals surface area contributed by atoms with E-state index in [1.165, 1.54) is 0 Å². The quantitative estimate of drug-likeness (QED) is 0.850. The van der Waals surface area contributed by atoms with Crippen LogP contribution in [0.2, 0.25) is 0 Å². The molecule has 86 valence electrons. The van der Waals surface area contributed by atoms with Gasteiger partial charge in [0.1, 0.15) is 0 Å². The molecule has 0 radical (unpaired) electrons. The Labute approximate surface area is 100 Å². The van der Waals surface area contributed by atoms with Gasteiger partial charge in [0.15, 0.2) is 0 Å². The third kappa shape index (κ3) is 5.16. The number of rotatable bonds is 4. The van der Waals surface area contributed by atoms with Crippen molar-refractivity contribution >= 4 is 29.7 Å². The Balaban J connectivity index is 0.00000196. The van der Waals surface area contributed by atoms with Crippen molar-refractivity contribution in [3.8, 4) is 0 Å². The Morgan fingerprint density at radius 2 is 2.27 bits per heavy atom. The second-order valence-corrected chi connectivity index (χ2v) is 4.72. The van der Waals surface area contributed by atoms with E-state index in [9.17, 15) is 4.79 Å². The number of carbonyl (C=O) groups excluding carboxylic acids is 1. The maximum atomic E-state index is 11.5. The van der Waals surface area contributed by atoms with Gasteiger partial charge < -0.3 is 11.1 Å². The normalized spacial score (nSPS) is 10.6. The van der Waals surface area contributed by atoms with E-state index in [1.54, 1.807) is 11.3 Å². The van der Waals surface area contributed by atoms with Crippen LogP contribution in [0.1, 0.15) is 19.4 Å². The number of hydrogen-bond donors (Lipinski definition) is 2. The molecule has 0 aliphatic heterocycles. The Morgan fingerprint density at radius 1 is 1.60 bits per heavy atom. The molecule has 5 heteroatoms. The lowest BCUT2D eigenvalue weighted by Crippen LogP contribution is -2.49. The van der Waals surface area contributed by atoms with Gasteiger partial charge in [0.2, 0.25) is 5.91 Å².